The van der Waals surface area contributed by atoms with Gasteiger partial charge in [0.15, 0.2) is 0 Å². The molecule has 162 valence electrons. The summed E-state index contributed by atoms with van der Waals surface area (Å²) in [6, 6.07) is 12.6. The molecule has 2 aromatic carbocycles. The predicted molar refractivity (Wildman–Crippen MR) is 120 cm³/mol. The number of hydrogen-bond donors (Lipinski definition) is 2. The first-order valence-electron chi connectivity index (χ1n) is 10.2. The Bertz CT molecular complexity index is 997. The highest BCUT2D eigenvalue weighted by Crippen LogP contribution is 2.24. The van der Waals surface area contributed by atoms with Gasteiger partial charge in [0.05, 0.1) is 15.6 Å². The van der Waals surface area contributed by atoms with Crippen LogP contribution in [0, 0.1) is 5.92 Å². The zero-order valence-electron chi connectivity index (χ0n) is 17.3. The number of rotatable bonds is 7. The zero-order chi connectivity index (χ0) is 21.7. The summed E-state index contributed by atoms with van der Waals surface area (Å²) < 4.78 is 27.9. The topological polar surface area (TPSA) is 78.5 Å². The lowest BCUT2D eigenvalue weighted by Gasteiger charge is -2.32. The van der Waals surface area contributed by atoms with E-state index in [0.717, 1.165) is 19.6 Å². The van der Waals surface area contributed by atoms with Crippen LogP contribution in [0.25, 0.3) is 0 Å². The van der Waals surface area contributed by atoms with Crippen LogP contribution in [-0.2, 0) is 10.0 Å². The quantitative estimate of drug-likeness (QED) is 0.669. The van der Waals surface area contributed by atoms with Gasteiger partial charge < -0.3 is 10.2 Å². The van der Waals surface area contributed by atoms with Gasteiger partial charge in [-0.25, -0.2) is 8.42 Å². The number of para-hydroxylation sites is 1. The normalized spacial score (nSPS) is 18.6. The van der Waals surface area contributed by atoms with E-state index >= 15 is 0 Å². The largest absolute Gasteiger partial charge is 0.348 e. The first kappa shape index (κ1) is 22.6. The van der Waals surface area contributed by atoms with E-state index in [-0.39, 0.29) is 16.8 Å². The summed E-state index contributed by atoms with van der Waals surface area (Å²) in [4.78, 5) is 15.1. The molecule has 0 radical (unpaired) electrons. The molecule has 2 aromatic rings. The molecule has 1 aliphatic rings. The SMILES string of the molecule is CC1CCCN(CC(C)NC(=O)c2cccc(S(=O)(=O)Nc3ccccc3Cl)c2)C1. The Kier molecular flexibility index (Phi) is 7.39. The van der Waals surface area contributed by atoms with Crippen molar-refractivity contribution in [2.75, 3.05) is 24.4 Å². The lowest BCUT2D eigenvalue weighted by atomic mass is 10.00. The molecule has 6 nitrogen and oxygen atoms in total. The van der Waals surface area contributed by atoms with Gasteiger partial charge in [-0.1, -0.05) is 36.7 Å². The van der Waals surface area contributed by atoms with Crippen molar-refractivity contribution < 1.29 is 13.2 Å². The van der Waals surface area contributed by atoms with E-state index in [2.05, 4.69) is 21.9 Å². The summed E-state index contributed by atoms with van der Waals surface area (Å²) in [6.45, 7) is 7.09. The number of benzene rings is 2. The molecular weight excluding hydrogens is 422 g/mol. The third kappa shape index (κ3) is 5.97. The molecule has 0 aliphatic carbocycles. The summed E-state index contributed by atoms with van der Waals surface area (Å²) in [5, 5.41) is 3.28. The molecule has 8 heteroatoms. The van der Waals surface area contributed by atoms with Gasteiger partial charge in [-0.05, 0) is 62.6 Å². The van der Waals surface area contributed by atoms with E-state index in [1.165, 1.54) is 25.0 Å². The highest BCUT2D eigenvalue weighted by molar-refractivity contribution is 7.92. The van der Waals surface area contributed by atoms with E-state index in [0.29, 0.717) is 22.2 Å². The smallest absolute Gasteiger partial charge is 0.261 e. The first-order valence-corrected chi connectivity index (χ1v) is 12.0. The second-order valence-corrected chi connectivity index (χ2v) is 10.1. The zero-order valence-corrected chi connectivity index (χ0v) is 18.8. The Morgan fingerprint density at radius 3 is 2.73 bits per heavy atom. The molecule has 0 bridgehead atoms. The molecule has 0 spiro atoms. The van der Waals surface area contributed by atoms with Gasteiger partial charge in [-0.2, -0.15) is 0 Å². The number of likely N-dealkylation sites (tertiary alicyclic amines) is 1. The summed E-state index contributed by atoms with van der Waals surface area (Å²) in [6.07, 6.45) is 2.43. The standard InChI is InChI=1S/C22H28ClN3O3S/c1-16-7-6-12-26(14-16)15-17(2)24-22(27)18-8-5-9-19(13-18)30(28,29)25-21-11-4-3-10-20(21)23/h3-5,8-11,13,16-17,25H,6-7,12,14-15H2,1-2H3,(H,24,27). The summed E-state index contributed by atoms with van der Waals surface area (Å²) >= 11 is 6.05. The fourth-order valence-electron chi connectivity index (χ4n) is 3.74. The van der Waals surface area contributed by atoms with Gasteiger partial charge in [0.25, 0.3) is 15.9 Å². The fraction of sp³-hybridized carbons (Fsp3) is 0.409. The maximum Gasteiger partial charge on any atom is 0.261 e. The van der Waals surface area contributed by atoms with Crippen molar-refractivity contribution >= 4 is 33.2 Å². The number of halogens is 1. The van der Waals surface area contributed by atoms with Crippen molar-refractivity contribution in [1.82, 2.24) is 10.2 Å². The molecule has 1 saturated heterocycles. The van der Waals surface area contributed by atoms with Crippen LogP contribution in [0.5, 0.6) is 0 Å². The Morgan fingerprint density at radius 2 is 2.00 bits per heavy atom. The van der Waals surface area contributed by atoms with Crippen LogP contribution in [0.1, 0.15) is 37.0 Å². The molecule has 0 saturated carbocycles. The second-order valence-electron chi connectivity index (χ2n) is 7.99. The van der Waals surface area contributed by atoms with E-state index < -0.39 is 10.0 Å². The highest BCUT2D eigenvalue weighted by Gasteiger charge is 2.21. The van der Waals surface area contributed by atoms with E-state index in [9.17, 15) is 13.2 Å². The molecular formula is C22H28ClN3O3S. The lowest BCUT2D eigenvalue weighted by Crippen LogP contribution is -2.45. The second kappa shape index (κ2) is 9.81. The third-order valence-corrected chi connectivity index (χ3v) is 6.87. The molecule has 1 amide bonds. The number of carbonyl (C=O) groups excluding carboxylic acids is 1. The highest BCUT2D eigenvalue weighted by atomic mass is 35.5. The van der Waals surface area contributed by atoms with Crippen LogP contribution in [-0.4, -0.2) is 44.9 Å². The van der Waals surface area contributed by atoms with Gasteiger partial charge >= 0.3 is 0 Å². The van der Waals surface area contributed by atoms with Crippen molar-refractivity contribution in [3.63, 3.8) is 0 Å². The van der Waals surface area contributed by atoms with Gasteiger partial charge in [-0.15, -0.1) is 0 Å². The fourth-order valence-corrected chi connectivity index (χ4v) is 5.11. The van der Waals surface area contributed by atoms with Crippen LogP contribution in [0.2, 0.25) is 5.02 Å². The number of carbonyl (C=O) groups is 1. The molecule has 2 unspecified atom stereocenters. The molecule has 2 N–H and O–H groups in total. The minimum atomic E-state index is -3.87. The van der Waals surface area contributed by atoms with Gasteiger partial charge in [-0.3, -0.25) is 9.52 Å². The maximum absolute atomic E-state index is 12.7. The molecule has 30 heavy (non-hydrogen) atoms. The Hall–Kier alpha value is -2.09. The molecule has 1 fully saturated rings. The van der Waals surface area contributed by atoms with E-state index in [1.807, 2.05) is 6.92 Å². The van der Waals surface area contributed by atoms with Crippen LogP contribution < -0.4 is 10.0 Å². The average Bonchev–Trinajstić information content (AvgIpc) is 2.69. The number of hydrogen-bond acceptors (Lipinski definition) is 4. The van der Waals surface area contributed by atoms with Crippen molar-refractivity contribution in [2.24, 2.45) is 5.92 Å². The number of amides is 1. The van der Waals surface area contributed by atoms with Crippen molar-refractivity contribution in [3.8, 4) is 0 Å². The predicted octanol–water partition coefficient (Wildman–Crippen LogP) is 3.99. The minimum Gasteiger partial charge on any atom is -0.348 e. The molecule has 1 aliphatic heterocycles. The number of nitrogens with one attached hydrogen (secondary N) is 2. The summed E-state index contributed by atoms with van der Waals surface area (Å²) in [5.41, 5.74) is 0.592. The number of nitrogens with zero attached hydrogens (tertiary/aromatic N) is 1. The Morgan fingerprint density at radius 1 is 1.23 bits per heavy atom. The van der Waals surface area contributed by atoms with E-state index in [1.54, 1.807) is 36.4 Å². The number of piperidine rings is 1. The Labute approximate surface area is 183 Å². The van der Waals surface area contributed by atoms with Crippen LogP contribution >= 0.6 is 11.6 Å². The van der Waals surface area contributed by atoms with Crippen molar-refractivity contribution in [2.45, 2.75) is 37.6 Å². The molecule has 2 atom stereocenters. The molecule has 0 aromatic heterocycles. The summed E-state index contributed by atoms with van der Waals surface area (Å²) in [7, 11) is -3.87. The molecule has 1 heterocycles. The van der Waals surface area contributed by atoms with Gasteiger partial charge in [0, 0.05) is 24.7 Å². The van der Waals surface area contributed by atoms with Crippen LogP contribution in [0.4, 0.5) is 5.69 Å². The van der Waals surface area contributed by atoms with Crippen LogP contribution in [0.3, 0.4) is 0 Å². The van der Waals surface area contributed by atoms with Crippen LogP contribution in [0.15, 0.2) is 53.4 Å². The van der Waals surface area contributed by atoms with Crippen molar-refractivity contribution in [3.05, 3.63) is 59.1 Å². The van der Waals surface area contributed by atoms with E-state index in [4.69, 9.17) is 11.6 Å². The monoisotopic (exact) mass is 449 g/mol. The summed E-state index contributed by atoms with van der Waals surface area (Å²) in [5.74, 6) is 0.386. The molecule has 3 rings (SSSR count). The average molecular weight is 450 g/mol. The number of anilines is 1. The van der Waals surface area contributed by atoms with Gasteiger partial charge in [0.1, 0.15) is 0 Å². The maximum atomic E-state index is 12.7. The first-order chi connectivity index (χ1) is 14.2. The van der Waals surface area contributed by atoms with Crippen molar-refractivity contribution in [1.29, 1.82) is 0 Å². The minimum absolute atomic E-state index is 0.00702. The lowest BCUT2D eigenvalue weighted by molar-refractivity contribution is 0.0919. The third-order valence-electron chi connectivity index (χ3n) is 5.18. The number of sulfonamides is 1. The van der Waals surface area contributed by atoms with Gasteiger partial charge in [0.2, 0.25) is 0 Å². The Balaban J connectivity index is 1.66.